The van der Waals surface area contributed by atoms with E-state index in [9.17, 15) is 0 Å². The molecule has 0 saturated carbocycles. The van der Waals surface area contributed by atoms with Crippen LogP contribution >= 0.6 is 0 Å². The largest absolute Gasteiger partial charge is 0.399 e. The van der Waals surface area contributed by atoms with Crippen LogP contribution in [0.4, 0.5) is 11.5 Å². The lowest BCUT2D eigenvalue weighted by atomic mass is 10.2. The fourth-order valence-electron chi connectivity index (χ4n) is 1.78. The number of fused-ring (bicyclic) bond motifs is 1. The van der Waals surface area contributed by atoms with Crippen molar-refractivity contribution in [3.63, 3.8) is 0 Å². The number of aromatic nitrogens is 4. The van der Waals surface area contributed by atoms with Crippen LogP contribution < -0.4 is 11.1 Å². The van der Waals surface area contributed by atoms with Gasteiger partial charge in [-0.15, -0.1) is 0 Å². The third kappa shape index (κ3) is 1.95. The van der Waals surface area contributed by atoms with Gasteiger partial charge in [0, 0.05) is 17.3 Å². The van der Waals surface area contributed by atoms with Gasteiger partial charge in [-0.2, -0.15) is 5.10 Å². The van der Waals surface area contributed by atoms with E-state index in [1.54, 1.807) is 6.20 Å². The number of nitrogens with one attached hydrogen (secondary N) is 2. The Morgan fingerprint density at radius 2 is 2.17 bits per heavy atom. The zero-order valence-electron chi connectivity index (χ0n) is 9.59. The molecule has 0 unspecified atom stereocenters. The van der Waals surface area contributed by atoms with Crippen LogP contribution in [0, 0.1) is 0 Å². The number of aromatic amines is 1. The molecule has 0 aliphatic rings. The smallest absolute Gasteiger partial charge is 0.137 e. The second-order valence-electron chi connectivity index (χ2n) is 3.93. The fourth-order valence-corrected chi connectivity index (χ4v) is 1.78. The lowest BCUT2D eigenvalue weighted by molar-refractivity contribution is 0.975. The standard InChI is InChI=1S/C12H12N6/c13-8-1-2-11-10(5-8)12(16-7-15-11)14-6-9-3-4-17-18-9/h1-5,7H,6,13H2,(H,17,18)(H,14,15,16). The van der Waals surface area contributed by atoms with Crippen LogP contribution in [0.25, 0.3) is 10.9 Å². The number of nitrogen functional groups attached to an aromatic ring is 1. The van der Waals surface area contributed by atoms with Gasteiger partial charge in [-0.05, 0) is 24.3 Å². The van der Waals surface area contributed by atoms with E-state index in [2.05, 4.69) is 25.5 Å². The molecule has 0 radical (unpaired) electrons. The summed E-state index contributed by atoms with van der Waals surface area (Å²) in [5, 5.41) is 10.9. The van der Waals surface area contributed by atoms with Crippen LogP contribution in [0.2, 0.25) is 0 Å². The van der Waals surface area contributed by atoms with Gasteiger partial charge in [-0.3, -0.25) is 5.10 Å². The fraction of sp³-hybridized carbons (Fsp3) is 0.0833. The van der Waals surface area contributed by atoms with Crippen LogP contribution in [0.15, 0.2) is 36.8 Å². The lowest BCUT2D eigenvalue weighted by Gasteiger charge is -2.07. The molecule has 6 heteroatoms. The summed E-state index contributed by atoms with van der Waals surface area (Å²) >= 11 is 0. The minimum atomic E-state index is 0.626. The Labute approximate surface area is 103 Å². The molecular weight excluding hydrogens is 228 g/mol. The van der Waals surface area contributed by atoms with Gasteiger partial charge < -0.3 is 11.1 Å². The van der Waals surface area contributed by atoms with Crippen molar-refractivity contribution in [1.82, 2.24) is 20.2 Å². The molecular formula is C12H12N6. The molecule has 3 aromatic rings. The van der Waals surface area contributed by atoms with Gasteiger partial charge in [0.15, 0.2) is 0 Å². The number of benzene rings is 1. The van der Waals surface area contributed by atoms with Gasteiger partial charge in [0.05, 0.1) is 17.8 Å². The number of nitrogens with two attached hydrogens (primary N) is 1. The molecule has 3 rings (SSSR count). The van der Waals surface area contributed by atoms with Crippen molar-refractivity contribution >= 4 is 22.4 Å². The summed E-state index contributed by atoms with van der Waals surface area (Å²) in [6.07, 6.45) is 3.25. The third-order valence-corrected chi connectivity index (χ3v) is 2.66. The molecule has 2 aromatic heterocycles. The highest BCUT2D eigenvalue weighted by Crippen LogP contribution is 2.21. The van der Waals surface area contributed by atoms with Crippen molar-refractivity contribution in [2.45, 2.75) is 6.54 Å². The predicted octanol–water partition coefficient (Wildman–Crippen LogP) is 1.55. The zero-order chi connectivity index (χ0) is 12.4. The molecule has 4 N–H and O–H groups in total. The van der Waals surface area contributed by atoms with Gasteiger partial charge in [0.1, 0.15) is 12.1 Å². The molecule has 6 nitrogen and oxygen atoms in total. The number of hydrogen-bond donors (Lipinski definition) is 3. The molecule has 0 bridgehead atoms. The van der Waals surface area contributed by atoms with Crippen molar-refractivity contribution in [3.05, 3.63) is 42.5 Å². The minimum absolute atomic E-state index is 0.626. The Balaban J connectivity index is 1.93. The van der Waals surface area contributed by atoms with Crippen LogP contribution in [0.1, 0.15) is 5.69 Å². The van der Waals surface area contributed by atoms with E-state index in [-0.39, 0.29) is 0 Å². The van der Waals surface area contributed by atoms with Crippen LogP contribution in [-0.4, -0.2) is 20.2 Å². The lowest BCUT2D eigenvalue weighted by Crippen LogP contribution is -2.03. The van der Waals surface area contributed by atoms with Crippen molar-refractivity contribution < 1.29 is 0 Å². The average Bonchev–Trinajstić information content (AvgIpc) is 2.89. The van der Waals surface area contributed by atoms with Gasteiger partial charge in [-0.25, -0.2) is 9.97 Å². The first-order valence-corrected chi connectivity index (χ1v) is 5.55. The van der Waals surface area contributed by atoms with Gasteiger partial charge >= 0.3 is 0 Å². The normalized spacial score (nSPS) is 10.7. The van der Waals surface area contributed by atoms with E-state index >= 15 is 0 Å². The van der Waals surface area contributed by atoms with Crippen LogP contribution in [0.3, 0.4) is 0 Å². The molecule has 18 heavy (non-hydrogen) atoms. The topological polar surface area (TPSA) is 92.5 Å². The van der Waals surface area contributed by atoms with Gasteiger partial charge in [-0.1, -0.05) is 0 Å². The second kappa shape index (κ2) is 4.33. The highest BCUT2D eigenvalue weighted by atomic mass is 15.1. The average molecular weight is 240 g/mol. The molecule has 0 aliphatic heterocycles. The number of H-pyrrole nitrogens is 1. The second-order valence-corrected chi connectivity index (χ2v) is 3.93. The zero-order valence-corrected chi connectivity index (χ0v) is 9.59. The van der Waals surface area contributed by atoms with E-state index in [1.807, 2.05) is 24.3 Å². The summed E-state index contributed by atoms with van der Waals surface area (Å²) in [7, 11) is 0. The van der Waals surface area contributed by atoms with Crippen LogP contribution in [0.5, 0.6) is 0 Å². The molecule has 0 atom stereocenters. The Morgan fingerprint density at radius 1 is 1.22 bits per heavy atom. The van der Waals surface area contributed by atoms with Crippen molar-refractivity contribution in [1.29, 1.82) is 0 Å². The maximum atomic E-state index is 5.78. The summed E-state index contributed by atoms with van der Waals surface area (Å²) in [5.41, 5.74) is 8.34. The summed E-state index contributed by atoms with van der Waals surface area (Å²) in [6, 6.07) is 7.48. The molecule has 2 heterocycles. The summed E-state index contributed by atoms with van der Waals surface area (Å²) < 4.78 is 0. The van der Waals surface area contributed by atoms with Gasteiger partial charge in [0.2, 0.25) is 0 Å². The summed E-state index contributed by atoms with van der Waals surface area (Å²) in [6.45, 7) is 0.626. The number of nitrogens with zero attached hydrogens (tertiary/aromatic N) is 3. The van der Waals surface area contributed by atoms with Crippen molar-refractivity contribution in [2.24, 2.45) is 0 Å². The predicted molar refractivity (Wildman–Crippen MR) is 69.9 cm³/mol. The first-order valence-electron chi connectivity index (χ1n) is 5.55. The molecule has 0 spiro atoms. The molecule has 90 valence electrons. The molecule has 0 fully saturated rings. The quantitative estimate of drug-likeness (QED) is 0.604. The molecule has 1 aromatic carbocycles. The Kier molecular flexibility index (Phi) is 2.53. The minimum Gasteiger partial charge on any atom is -0.399 e. The molecule has 0 saturated heterocycles. The molecule has 0 aliphatic carbocycles. The highest BCUT2D eigenvalue weighted by molar-refractivity contribution is 5.91. The highest BCUT2D eigenvalue weighted by Gasteiger charge is 2.04. The van der Waals surface area contributed by atoms with E-state index in [0.717, 1.165) is 22.4 Å². The summed E-state index contributed by atoms with van der Waals surface area (Å²) in [5.74, 6) is 0.766. The van der Waals surface area contributed by atoms with E-state index in [0.29, 0.717) is 12.2 Å². The first kappa shape index (κ1) is 10.5. The molecule has 0 amide bonds. The van der Waals surface area contributed by atoms with E-state index in [4.69, 9.17) is 5.73 Å². The monoisotopic (exact) mass is 240 g/mol. The first-order chi connectivity index (χ1) is 8.83. The number of anilines is 2. The summed E-state index contributed by atoms with van der Waals surface area (Å²) in [4.78, 5) is 8.44. The van der Waals surface area contributed by atoms with Crippen molar-refractivity contribution in [2.75, 3.05) is 11.1 Å². The Hall–Kier alpha value is -2.63. The van der Waals surface area contributed by atoms with Gasteiger partial charge in [0.25, 0.3) is 0 Å². The maximum absolute atomic E-state index is 5.78. The third-order valence-electron chi connectivity index (χ3n) is 2.66. The van der Waals surface area contributed by atoms with Crippen LogP contribution in [-0.2, 0) is 6.54 Å². The SMILES string of the molecule is Nc1ccc2ncnc(NCc3ccn[nH]3)c2c1. The Bertz CT molecular complexity index is 661. The Morgan fingerprint density at radius 3 is 3.00 bits per heavy atom. The number of rotatable bonds is 3. The van der Waals surface area contributed by atoms with Crippen molar-refractivity contribution in [3.8, 4) is 0 Å². The maximum Gasteiger partial charge on any atom is 0.137 e. The van der Waals surface area contributed by atoms with E-state index in [1.165, 1.54) is 6.33 Å². The number of hydrogen-bond acceptors (Lipinski definition) is 5. The van der Waals surface area contributed by atoms with E-state index < -0.39 is 0 Å².